The van der Waals surface area contributed by atoms with Gasteiger partial charge in [0.15, 0.2) is 6.23 Å². The van der Waals surface area contributed by atoms with Gasteiger partial charge in [-0.25, -0.2) is 0 Å². The molecular weight excluding hydrogens is 320 g/mol. The van der Waals surface area contributed by atoms with E-state index in [1.165, 1.54) is 21.9 Å². The molecule has 2 aliphatic heterocycles. The molecule has 3 aromatic carbocycles. The molecule has 3 heteroatoms. The van der Waals surface area contributed by atoms with E-state index in [0.717, 1.165) is 30.7 Å². The van der Waals surface area contributed by atoms with Crippen LogP contribution in [-0.2, 0) is 0 Å². The van der Waals surface area contributed by atoms with Gasteiger partial charge in [0.2, 0.25) is 0 Å². The van der Waals surface area contributed by atoms with Crippen molar-refractivity contribution in [3.05, 3.63) is 77.9 Å². The average molecular weight is 342 g/mol. The molecule has 0 aliphatic carbocycles. The Morgan fingerprint density at radius 3 is 2.69 bits per heavy atom. The lowest BCUT2D eigenvalue weighted by Gasteiger charge is -2.38. The molecule has 26 heavy (non-hydrogen) atoms. The normalized spacial score (nSPS) is 21.1. The number of benzene rings is 3. The second-order valence-electron chi connectivity index (χ2n) is 7.11. The van der Waals surface area contributed by atoms with Crippen LogP contribution in [-0.4, -0.2) is 16.9 Å². The fourth-order valence-electron chi connectivity index (χ4n) is 4.09. The Morgan fingerprint density at radius 2 is 1.81 bits per heavy atom. The maximum Gasteiger partial charge on any atom is 0.187 e. The van der Waals surface area contributed by atoms with E-state index < -0.39 is 0 Å². The summed E-state index contributed by atoms with van der Waals surface area (Å²) in [4.78, 5) is 0. The molecule has 0 bridgehead atoms. The van der Waals surface area contributed by atoms with Crippen LogP contribution in [0.5, 0.6) is 5.75 Å². The van der Waals surface area contributed by atoms with Crippen molar-refractivity contribution < 1.29 is 4.74 Å². The molecule has 0 saturated carbocycles. The quantitative estimate of drug-likeness (QED) is 0.627. The summed E-state index contributed by atoms with van der Waals surface area (Å²) < 4.78 is 6.26. The minimum absolute atomic E-state index is 0.0258. The first-order valence-electron chi connectivity index (χ1n) is 9.44. The van der Waals surface area contributed by atoms with Crippen LogP contribution in [0.1, 0.15) is 43.4 Å². The Bertz CT molecular complexity index is 994. The number of fused-ring (bicyclic) bond motifs is 4. The minimum atomic E-state index is 0.0258. The molecule has 0 unspecified atom stereocenters. The van der Waals surface area contributed by atoms with Crippen molar-refractivity contribution in [3.8, 4) is 5.75 Å². The second-order valence-corrected chi connectivity index (χ2v) is 7.11. The summed E-state index contributed by atoms with van der Waals surface area (Å²) in [6, 6.07) is 23.8. The molecule has 2 aliphatic rings. The van der Waals surface area contributed by atoms with Crippen LogP contribution in [0.2, 0.25) is 0 Å². The second kappa shape index (κ2) is 6.17. The monoisotopic (exact) mass is 342 g/mol. The van der Waals surface area contributed by atoms with Gasteiger partial charge in [-0.2, -0.15) is 5.10 Å². The summed E-state index contributed by atoms with van der Waals surface area (Å²) >= 11 is 0. The third-order valence-electron chi connectivity index (χ3n) is 5.40. The summed E-state index contributed by atoms with van der Waals surface area (Å²) in [6.07, 6.45) is 3.02. The number of hydrogen-bond donors (Lipinski definition) is 0. The van der Waals surface area contributed by atoms with Gasteiger partial charge in [0.05, 0.1) is 11.8 Å². The standard InChI is InChI=1S/C23H22N2O/c1-2-7-23-25-21(19-10-5-6-11-22(19)26-23)15-20(24-25)18-13-12-16-8-3-4-9-17(16)14-18/h3-6,8-14,21,23H,2,7,15H2,1H3/t21-,23+/m1/s1. The van der Waals surface area contributed by atoms with E-state index in [9.17, 15) is 0 Å². The predicted molar refractivity (Wildman–Crippen MR) is 105 cm³/mol. The molecule has 0 amide bonds. The summed E-state index contributed by atoms with van der Waals surface area (Å²) in [5.41, 5.74) is 3.62. The van der Waals surface area contributed by atoms with Gasteiger partial charge < -0.3 is 4.74 Å². The fourth-order valence-corrected chi connectivity index (χ4v) is 4.09. The molecule has 3 aromatic rings. The topological polar surface area (TPSA) is 24.8 Å². The van der Waals surface area contributed by atoms with E-state index in [1.807, 2.05) is 0 Å². The van der Waals surface area contributed by atoms with Crippen LogP contribution in [0.25, 0.3) is 10.8 Å². The third-order valence-corrected chi connectivity index (χ3v) is 5.40. The van der Waals surface area contributed by atoms with Crippen LogP contribution < -0.4 is 4.74 Å². The third kappa shape index (κ3) is 2.47. The molecule has 0 aromatic heterocycles. The highest BCUT2D eigenvalue weighted by atomic mass is 16.5. The highest BCUT2D eigenvalue weighted by Gasteiger charge is 2.39. The van der Waals surface area contributed by atoms with Gasteiger partial charge in [0.1, 0.15) is 5.75 Å². The average Bonchev–Trinajstić information content (AvgIpc) is 3.14. The van der Waals surface area contributed by atoms with Crippen molar-refractivity contribution >= 4 is 16.5 Å². The molecule has 0 spiro atoms. The van der Waals surface area contributed by atoms with Crippen LogP contribution in [0.3, 0.4) is 0 Å². The maximum absolute atomic E-state index is 6.26. The summed E-state index contributed by atoms with van der Waals surface area (Å²) in [5.74, 6) is 1.02. The minimum Gasteiger partial charge on any atom is -0.469 e. The van der Waals surface area contributed by atoms with Crippen LogP contribution in [0.4, 0.5) is 0 Å². The fraction of sp³-hybridized carbons (Fsp3) is 0.261. The Hall–Kier alpha value is -2.81. The molecule has 0 saturated heterocycles. The SMILES string of the molecule is CCC[C@@H]1Oc2ccccc2[C@H]2CC(c3ccc4ccccc4c3)=NN12. The van der Waals surface area contributed by atoms with E-state index in [0.29, 0.717) is 0 Å². The van der Waals surface area contributed by atoms with Gasteiger partial charge >= 0.3 is 0 Å². The first-order chi connectivity index (χ1) is 12.8. The molecule has 3 nitrogen and oxygen atoms in total. The lowest BCUT2D eigenvalue weighted by Crippen LogP contribution is -2.40. The van der Waals surface area contributed by atoms with Crippen molar-refractivity contribution in [1.82, 2.24) is 5.01 Å². The molecular formula is C23H22N2O. The summed E-state index contributed by atoms with van der Waals surface area (Å²) in [7, 11) is 0. The predicted octanol–water partition coefficient (Wildman–Crippen LogP) is 5.51. The molecule has 0 fully saturated rings. The van der Waals surface area contributed by atoms with E-state index in [4.69, 9.17) is 9.84 Å². The Morgan fingerprint density at radius 1 is 1.00 bits per heavy atom. The first kappa shape index (κ1) is 15.4. The first-order valence-corrected chi connectivity index (χ1v) is 9.44. The molecule has 0 N–H and O–H groups in total. The Kier molecular flexibility index (Phi) is 3.66. The lowest BCUT2D eigenvalue weighted by atomic mass is 9.95. The van der Waals surface area contributed by atoms with Crippen molar-refractivity contribution in [2.75, 3.05) is 0 Å². The van der Waals surface area contributed by atoms with E-state index in [2.05, 4.69) is 78.7 Å². The summed E-state index contributed by atoms with van der Waals surface area (Å²) in [6.45, 7) is 2.20. The number of hydrazone groups is 1. The van der Waals surface area contributed by atoms with Crippen molar-refractivity contribution in [2.24, 2.45) is 5.10 Å². The molecule has 2 heterocycles. The van der Waals surface area contributed by atoms with Crippen LogP contribution in [0, 0.1) is 0 Å². The maximum atomic E-state index is 6.26. The highest BCUT2D eigenvalue weighted by molar-refractivity contribution is 6.04. The zero-order valence-electron chi connectivity index (χ0n) is 14.9. The van der Waals surface area contributed by atoms with Crippen molar-refractivity contribution in [1.29, 1.82) is 0 Å². The molecule has 5 rings (SSSR count). The van der Waals surface area contributed by atoms with Gasteiger partial charge in [-0.1, -0.05) is 67.9 Å². The molecule has 0 radical (unpaired) electrons. The highest BCUT2D eigenvalue weighted by Crippen LogP contribution is 2.43. The zero-order valence-corrected chi connectivity index (χ0v) is 14.9. The number of rotatable bonds is 3. The molecule has 2 atom stereocenters. The van der Waals surface area contributed by atoms with Gasteiger partial charge in [-0.05, 0) is 28.5 Å². The van der Waals surface area contributed by atoms with E-state index in [1.54, 1.807) is 0 Å². The smallest absolute Gasteiger partial charge is 0.187 e. The lowest BCUT2D eigenvalue weighted by molar-refractivity contribution is -0.0223. The Labute approximate surface area is 153 Å². The van der Waals surface area contributed by atoms with Crippen LogP contribution >= 0.6 is 0 Å². The Balaban J connectivity index is 1.55. The van der Waals surface area contributed by atoms with Crippen LogP contribution in [0.15, 0.2) is 71.8 Å². The van der Waals surface area contributed by atoms with Gasteiger partial charge in [0, 0.05) is 18.4 Å². The largest absolute Gasteiger partial charge is 0.469 e. The van der Waals surface area contributed by atoms with Gasteiger partial charge in [-0.3, -0.25) is 5.01 Å². The van der Waals surface area contributed by atoms with Crippen molar-refractivity contribution in [3.63, 3.8) is 0 Å². The van der Waals surface area contributed by atoms with Gasteiger partial charge in [-0.15, -0.1) is 0 Å². The number of hydrogen-bond acceptors (Lipinski definition) is 3. The summed E-state index contributed by atoms with van der Waals surface area (Å²) in [5, 5.41) is 9.73. The van der Waals surface area contributed by atoms with Gasteiger partial charge in [0.25, 0.3) is 0 Å². The van der Waals surface area contributed by atoms with E-state index in [-0.39, 0.29) is 12.3 Å². The number of ether oxygens (including phenoxy) is 1. The molecule has 130 valence electrons. The zero-order chi connectivity index (χ0) is 17.5. The van der Waals surface area contributed by atoms with E-state index >= 15 is 0 Å². The van der Waals surface area contributed by atoms with Crippen molar-refractivity contribution in [2.45, 2.75) is 38.5 Å². The number of para-hydroxylation sites is 1. The number of nitrogens with zero attached hydrogens (tertiary/aromatic N) is 2.